The minimum absolute atomic E-state index is 0. The zero-order valence-corrected chi connectivity index (χ0v) is 15.5. The van der Waals surface area contributed by atoms with Gasteiger partial charge in [0.15, 0.2) is 0 Å². The molecule has 0 aliphatic rings. The van der Waals surface area contributed by atoms with Crippen molar-refractivity contribution in [3.05, 3.63) is 30.3 Å². The van der Waals surface area contributed by atoms with Gasteiger partial charge in [-0.1, -0.05) is 42.8 Å². The van der Waals surface area contributed by atoms with Gasteiger partial charge in [-0.3, -0.25) is 9.11 Å². The van der Waals surface area contributed by atoms with Crippen molar-refractivity contribution in [2.24, 2.45) is 0 Å². The van der Waals surface area contributed by atoms with Crippen LogP contribution in [0.5, 0.6) is 0 Å². The first-order valence-electron chi connectivity index (χ1n) is 6.54. The number of benzene rings is 1. The van der Waals surface area contributed by atoms with Crippen LogP contribution in [0.25, 0.3) is 0 Å². The molecule has 11 heteroatoms. The number of hydrogen-bond donors (Lipinski definition) is 3. The van der Waals surface area contributed by atoms with Crippen molar-refractivity contribution in [2.75, 3.05) is 0 Å². The molecular formula is C12H21NaO6S4. The van der Waals surface area contributed by atoms with Crippen LogP contribution in [0.4, 0.5) is 0 Å². The van der Waals surface area contributed by atoms with E-state index in [-0.39, 0.29) is 42.4 Å². The number of thiol groups is 1. The van der Waals surface area contributed by atoms with Crippen LogP contribution < -0.4 is 0 Å². The van der Waals surface area contributed by atoms with Crippen LogP contribution in [-0.4, -0.2) is 64.7 Å². The summed E-state index contributed by atoms with van der Waals surface area (Å²) in [6.45, 7) is 3.21. The van der Waals surface area contributed by atoms with Gasteiger partial charge in [-0.25, -0.2) is 0 Å². The van der Waals surface area contributed by atoms with Gasteiger partial charge in [-0.15, -0.1) is 0 Å². The van der Waals surface area contributed by atoms with Gasteiger partial charge in [-0.2, -0.15) is 26.8 Å². The molecule has 1 aromatic rings. The Bertz CT molecular complexity index is 677. The van der Waals surface area contributed by atoms with E-state index in [9.17, 15) is 25.9 Å². The predicted molar refractivity (Wildman–Crippen MR) is 99.7 cm³/mol. The molecule has 6 nitrogen and oxygen atoms in total. The van der Waals surface area contributed by atoms with Crippen molar-refractivity contribution in [1.29, 1.82) is 0 Å². The Morgan fingerprint density at radius 3 is 1.87 bits per heavy atom. The molecule has 0 aliphatic heterocycles. The third kappa shape index (κ3) is 7.25. The number of rotatable bonds is 8. The maximum atomic E-state index is 11.6. The van der Waals surface area contributed by atoms with Gasteiger partial charge in [0.25, 0.3) is 20.2 Å². The fourth-order valence-corrected chi connectivity index (χ4v) is 12.3. The maximum absolute atomic E-state index is 11.6. The zero-order valence-electron chi connectivity index (χ0n) is 12.2. The first-order valence-corrected chi connectivity index (χ1v) is 12.4. The fraction of sp³-hybridized carbons (Fsp3) is 0.500. The van der Waals surface area contributed by atoms with Gasteiger partial charge < -0.3 is 0 Å². The molecule has 0 amide bonds. The summed E-state index contributed by atoms with van der Waals surface area (Å²) in [5.74, 6) is 0. The summed E-state index contributed by atoms with van der Waals surface area (Å²) >= 11 is 0. The summed E-state index contributed by atoms with van der Waals surface area (Å²) in [7, 11) is -9.31. The molecule has 1 rings (SSSR count). The van der Waals surface area contributed by atoms with E-state index in [1.54, 1.807) is 44.2 Å². The predicted octanol–water partition coefficient (Wildman–Crippen LogP) is 2.29. The topological polar surface area (TPSA) is 109 Å². The molecule has 0 aromatic heterocycles. The normalized spacial score (nSPS) is 17.0. The molecule has 0 heterocycles. The summed E-state index contributed by atoms with van der Waals surface area (Å²) in [5, 5.41) is 0. The minimum atomic E-state index is -4.33. The van der Waals surface area contributed by atoms with Crippen molar-refractivity contribution in [1.82, 2.24) is 0 Å². The molecule has 23 heavy (non-hydrogen) atoms. The Labute approximate surface area is 166 Å². The molecule has 0 aliphatic carbocycles. The third-order valence-electron chi connectivity index (χ3n) is 2.86. The molecule has 0 spiro atoms. The van der Waals surface area contributed by atoms with E-state index in [1.165, 1.54) is 0 Å². The van der Waals surface area contributed by atoms with Crippen LogP contribution in [0.3, 0.4) is 0 Å². The van der Waals surface area contributed by atoms with E-state index in [0.29, 0.717) is 4.90 Å². The monoisotopic (exact) mass is 412 g/mol. The van der Waals surface area contributed by atoms with Gasteiger partial charge in [-0.05, 0) is 29.9 Å². The van der Waals surface area contributed by atoms with Crippen LogP contribution in [0.2, 0.25) is 0 Å². The van der Waals surface area contributed by atoms with E-state index >= 15 is 0 Å². The molecule has 0 saturated carbocycles. The first-order chi connectivity index (χ1) is 10.1. The summed E-state index contributed by atoms with van der Waals surface area (Å²) in [4.78, 5) is 0.647. The van der Waals surface area contributed by atoms with Crippen molar-refractivity contribution in [2.45, 2.75) is 40.7 Å². The Kier molecular flexibility index (Phi) is 10.3. The average Bonchev–Trinajstić information content (AvgIpc) is 2.41. The molecule has 3 atom stereocenters. The molecule has 0 saturated heterocycles. The molecule has 0 bridgehead atoms. The summed E-state index contributed by atoms with van der Waals surface area (Å²) in [5.41, 5.74) is 0. The van der Waals surface area contributed by atoms with Gasteiger partial charge in [0.1, 0.15) is 9.16 Å². The van der Waals surface area contributed by atoms with E-state index < -0.39 is 39.3 Å². The SMILES string of the molecule is CCC(S[SH](c1ccccc1)C(CC)S(=O)(=O)O)S(=O)(=O)O.[NaH]. The van der Waals surface area contributed by atoms with E-state index in [2.05, 4.69) is 0 Å². The van der Waals surface area contributed by atoms with Crippen molar-refractivity contribution in [3.8, 4) is 0 Å². The van der Waals surface area contributed by atoms with Gasteiger partial charge in [0, 0.05) is 0 Å². The standard InChI is InChI=1S/C12H20O6S4.Na.H/c1-3-11(21(13,14)15)19-20(10-8-6-5-7-9-10)12(4-2)22(16,17)18;;/h5-9,11-12,20H,3-4H2,1-2H3,(H,13,14,15)(H,16,17,18);;. The summed E-state index contributed by atoms with van der Waals surface area (Å²) in [6, 6.07) is 8.59. The second-order valence-electron chi connectivity index (χ2n) is 4.50. The van der Waals surface area contributed by atoms with Crippen molar-refractivity contribution < 1.29 is 25.9 Å². The van der Waals surface area contributed by atoms with Crippen molar-refractivity contribution >= 4 is 70.5 Å². The number of hydrogen-bond acceptors (Lipinski definition) is 5. The Balaban J connectivity index is 0.00000484. The quantitative estimate of drug-likeness (QED) is 0.260. The van der Waals surface area contributed by atoms with Crippen LogP contribution in [0.1, 0.15) is 26.7 Å². The van der Waals surface area contributed by atoms with Crippen LogP contribution in [-0.2, 0) is 20.2 Å². The zero-order chi connectivity index (χ0) is 17.0. The third-order valence-corrected chi connectivity index (χ3v) is 13.5. The average molecular weight is 413 g/mol. The van der Waals surface area contributed by atoms with E-state index in [1.807, 2.05) is 0 Å². The molecular weight excluding hydrogens is 391 g/mol. The van der Waals surface area contributed by atoms with E-state index in [4.69, 9.17) is 0 Å². The molecule has 1 aromatic carbocycles. The van der Waals surface area contributed by atoms with Gasteiger partial charge in [0.05, 0.1) is 0 Å². The molecule has 3 unspecified atom stereocenters. The van der Waals surface area contributed by atoms with Gasteiger partial charge >= 0.3 is 29.6 Å². The second-order valence-corrected chi connectivity index (χ2v) is 12.7. The first kappa shape index (κ1) is 23.7. The Morgan fingerprint density at radius 2 is 1.52 bits per heavy atom. The molecule has 130 valence electrons. The second kappa shape index (κ2) is 10.0. The van der Waals surface area contributed by atoms with Crippen LogP contribution in [0, 0.1) is 0 Å². The fourth-order valence-electron chi connectivity index (χ4n) is 1.83. The van der Waals surface area contributed by atoms with Crippen LogP contribution >= 0.6 is 20.7 Å². The Hall–Kier alpha value is 0.740. The Morgan fingerprint density at radius 1 is 1.00 bits per heavy atom. The summed E-state index contributed by atoms with van der Waals surface area (Å²) in [6.07, 6.45) is 0.283. The molecule has 0 radical (unpaired) electrons. The van der Waals surface area contributed by atoms with Crippen LogP contribution in [0.15, 0.2) is 35.2 Å². The van der Waals surface area contributed by atoms with Crippen molar-refractivity contribution in [3.63, 3.8) is 0 Å². The van der Waals surface area contributed by atoms with E-state index in [0.717, 1.165) is 10.8 Å². The molecule has 2 N–H and O–H groups in total. The summed E-state index contributed by atoms with van der Waals surface area (Å²) < 4.78 is 62.7. The van der Waals surface area contributed by atoms with Gasteiger partial charge in [0.2, 0.25) is 0 Å². The molecule has 0 fully saturated rings.